The van der Waals surface area contributed by atoms with Crippen LogP contribution in [0, 0.1) is 6.92 Å². The molecule has 1 N–H and O–H groups in total. The van der Waals surface area contributed by atoms with Crippen molar-refractivity contribution in [3.63, 3.8) is 0 Å². The van der Waals surface area contributed by atoms with Crippen molar-refractivity contribution in [1.82, 2.24) is 5.32 Å². The van der Waals surface area contributed by atoms with Crippen LogP contribution in [0.25, 0.3) is 0 Å². The van der Waals surface area contributed by atoms with Crippen LogP contribution in [0.4, 0.5) is 0 Å². The van der Waals surface area contributed by atoms with E-state index < -0.39 is 0 Å². The topological polar surface area (TPSA) is 49.0 Å². The molecule has 25 heavy (non-hydrogen) atoms. The molecule has 0 saturated heterocycles. The van der Waals surface area contributed by atoms with E-state index in [1.54, 1.807) is 14.2 Å². The lowest BCUT2D eigenvalue weighted by atomic mass is 9.88. The fourth-order valence-corrected chi connectivity index (χ4v) is 3.67. The quantitative estimate of drug-likeness (QED) is 0.930. The normalized spacial score (nSPS) is 18.4. The number of fused-ring (bicyclic) bond motifs is 2. The van der Waals surface area contributed by atoms with Crippen molar-refractivity contribution in [3.05, 3.63) is 46.5 Å². The molecule has 0 saturated carbocycles. The van der Waals surface area contributed by atoms with Gasteiger partial charge in [-0.15, -0.1) is 0 Å². The Kier molecular flexibility index (Phi) is 4.17. The second-order valence-electron chi connectivity index (χ2n) is 6.40. The van der Waals surface area contributed by atoms with Gasteiger partial charge in [-0.25, -0.2) is 0 Å². The van der Waals surface area contributed by atoms with Crippen LogP contribution >= 0.6 is 0 Å². The van der Waals surface area contributed by atoms with Gasteiger partial charge >= 0.3 is 0 Å². The van der Waals surface area contributed by atoms with Crippen molar-refractivity contribution in [3.8, 4) is 23.0 Å². The summed E-state index contributed by atoms with van der Waals surface area (Å²) in [7, 11) is 3.40. The van der Waals surface area contributed by atoms with Gasteiger partial charge < -0.3 is 24.3 Å². The SMILES string of the molecule is COc1cc(C2NCCc3cc4c(cc32)OCCO4)c(OC)cc1C. The minimum Gasteiger partial charge on any atom is -0.496 e. The lowest BCUT2D eigenvalue weighted by Gasteiger charge is -2.31. The van der Waals surface area contributed by atoms with E-state index in [1.165, 1.54) is 11.1 Å². The molecule has 1 unspecified atom stereocenters. The molecule has 0 spiro atoms. The van der Waals surface area contributed by atoms with Gasteiger partial charge in [-0.2, -0.15) is 0 Å². The highest BCUT2D eigenvalue weighted by atomic mass is 16.6. The number of hydrogen-bond acceptors (Lipinski definition) is 5. The Bertz CT molecular complexity index is 803. The molecule has 0 aromatic heterocycles. The van der Waals surface area contributed by atoms with Crippen molar-refractivity contribution in [2.45, 2.75) is 19.4 Å². The van der Waals surface area contributed by atoms with Gasteiger partial charge in [-0.3, -0.25) is 0 Å². The molecule has 2 aliphatic rings. The van der Waals surface area contributed by atoms with Crippen molar-refractivity contribution in [2.75, 3.05) is 34.0 Å². The molecule has 5 heteroatoms. The number of hydrogen-bond donors (Lipinski definition) is 1. The van der Waals surface area contributed by atoms with E-state index >= 15 is 0 Å². The van der Waals surface area contributed by atoms with Crippen LogP contribution in [-0.4, -0.2) is 34.0 Å². The van der Waals surface area contributed by atoms with Gasteiger partial charge in [0.15, 0.2) is 11.5 Å². The molecule has 5 nitrogen and oxygen atoms in total. The van der Waals surface area contributed by atoms with Gasteiger partial charge in [-0.05, 0) is 54.3 Å². The minimum atomic E-state index is 0.0315. The zero-order valence-electron chi connectivity index (χ0n) is 14.8. The molecule has 2 aliphatic heterocycles. The van der Waals surface area contributed by atoms with Crippen LogP contribution in [0.1, 0.15) is 28.3 Å². The Balaban J connectivity index is 1.83. The largest absolute Gasteiger partial charge is 0.496 e. The zero-order chi connectivity index (χ0) is 17.4. The Morgan fingerprint density at radius 3 is 2.36 bits per heavy atom. The van der Waals surface area contributed by atoms with Crippen LogP contribution in [0.15, 0.2) is 24.3 Å². The Morgan fingerprint density at radius 2 is 1.64 bits per heavy atom. The average Bonchev–Trinajstić information content (AvgIpc) is 2.65. The third-order valence-corrected chi connectivity index (χ3v) is 4.92. The van der Waals surface area contributed by atoms with Crippen LogP contribution in [-0.2, 0) is 6.42 Å². The maximum absolute atomic E-state index is 5.79. The maximum atomic E-state index is 5.79. The monoisotopic (exact) mass is 341 g/mol. The summed E-state index contributed by atoms with van der Waals surface area (Å²) in [5.74, 6) is 3.39. The first kappa shape index (κ1) is 16.1. The average molecular weight is 341 g/mol. The van der Waals surface area contributed by atoms with E-state index in [0.717, 1.165) is 47.1 Å². The molecule has 0 bridgehead atoms. The summed E-state index contributed by atoms with van der Waals surface area (Å²) >= 11 is 0. The number of benzene rings is 2. The summed E-state index contributed by atoms with van der Waals surface area (Å²) in [4.78, 5) is 0. The summed E-state index contributed by atoms with van der Waals surface area (Å²) in [6.07, 6.45) is 0.966. The molecule has 2 aromatic carbocycles. The standard InChI is InChI=1S/C20H23NO4/c1-12-8-17(23-3)15(11-16(12)22-2)20-14-10-19-18(24-6-7-25-19)9-13(14)4-5-21-20/h8-11,20-21H,4-7H2,1-3H3. The number of ether oxygens (including phenoxy) is 4. The summed E-state index contributed by atoms with van der Waals surface area (Å²) in [5, 5.41) is 3.61. The lowest BCUT2D eigenvalue weighted by Crippen LogP contribution is -2.31. The predicted molar refractivity (Wildman–Crippen MR) is 95.3 cm³/mol. The fraction of sp³-hybridized carbons (Fsp3) is 0.400. The van der Waals surface area contributed by atoms with Gasteiger partial charge in [0.05, 0.1) is 20.3 Å². The lowest BCUT2D eigenvalue weighted by molar-refractivity contribution is 0.171. The Hall–Kier alpha value is -2.40. The van der Waals surface area contributed by atoms with E-state index in [-0.39, 0.29) is 6.04 Å². The van der Waals surface area contributed by atoms with Gasteiger partial charge in [0.25, 0.3) is 0 Å². The molecule has 2 aromatic rings. The molecule has 0 fully saturated rings. The highest BCUT2D eigenvalue weighted by Crippen LogP contribution is 2.42. The highest BCUT2D eigenvalue weighted by Gasteiger charge is 2.28. The molecule has 0 aliphatic carbocycles. The second-order valence-corrected chi connectivity index (χ2v) is 6.40. The summed E-state index contributed by atoms with van der Waals surface area (Å²) in [6.45, 7) is 4.12. The number of nitrogens with one attached hydrogen (secondary N) is 1. The third-order valence-electron chi connectivity index (χ3n) is 4.92. The number of aryl methyl sites for hydroxylation is 1. The molecule has 1 atom stereocenters. The molecular formula is C20H23NO4. The number of methoxy groups -OCH3 is 2. The predicted octanol–water partition coefficient (Wildman–Crippen LogP) is 3.02. The van der Waals surface area contributed by atoms with Crippen molar-refractivity contribution >= 4 is 0 Å². The second kappa shape index (κ2) is 6.48. The van der Waals surface area contributed by atoms with Gasteiger partial charge in [-0.1, -0.05) is 0 Å². The number of rotatable bonds is 3. The summed E-state index contributed by atoms with van der Waals surface area (Å²) < 4.78 is 22.7. The van der Waals surface area contributed by atoms with Crippen molar-refractivity contribution in [2.24, 2.45) is 0 Å². The fourth-order valence-electron chi connectivity index (χ4n) is 3.67. The van der Waals surface area contributed by atoms with E-state index in [1.807, 2.05) is 13.0 Å². The van der Waals surface area contributed by atoms with Crippen LogP contribution in [0.5, 0.6) is 23.0 Å². The zero-order valence-corrected chi connectivity index (χ0v) is 14.8. The molecule has 0 amide bonds. The molecule has 2 heterocycles. The van der Waals surface area contributed by atoms with Crippen LogP contribution in [0.3, 0.4) is 0 Å². The smallest absolute Gasteiger partial charge is 0.161 e. The van der Waals surface area contributed by atoms with Crippen molar-refractivity contribution < 1.29 is 18.9 Å². The van der Waals surface area contributed by atoms with Crippen LogP contribution in [0.2, 0.25) is 0 Å². The first-order chi connectivity index (χ1) is 12.2. The van der Waals surface area contributed by atoms with Crippen LogP contribution < -0.4 is 24.3 Å². The van der Waals surface area contributed by atoms with Gasteiger partial charge in [0.2, 0.25) is 0 Å². The minimum absolute atomic E-state index is 0.0315. The first-order valence-corrected chi connectivity index (χ1v) is 8.59. The maximum Gasteiger partial charge on any atom is 0.161 e. The van der Waals surface area contributed by atoms with E-state index in [0.29, 0.717) is 13.2 Å². The van der Waals surface area contributed by atoms with Gasteiger partial charge in [0.1, 0.15) is 24.7 Å². The van der Waals surface area contributed by atoms with E-state index in [9.17, 15) is 0 Å². The highest BCUT2D eigenvalue weighted by molar-refractivity contribution is 5.56. The van der Waals surface area contributed by atoms with Gasteiger partial charge in [0, 0.05) is 12.1 Å². The summed E-state index contributed by atoms with van der Waals surface area (Å²) in [5.41, 5.74) is 4.62. The van der Waals surface area contributed by atoms with E-state index in [2.05, 4.69) is 23.5 Å². The Morgan fingerprint density at radius 1 is 0.920 bits per heavy atom. The first-order valence-electron chi connectivity index (χ1n) is 8.59. The van der Waals surface area contributed by atoms with E-state index in [4.69, 9.17) is 18.9 Å². The van der Waals surface area contributed by atoms with Crippen molar-refractivity contribution in [1.29, 1.82) is 0 Å². The molecule has 132 valence electrons. The molecule has 4 rings (SSSR count). The third kappa shape index (κ3) is 2.78. The molecule has 0 radical (unpaired) electrons. The Labute approximate surface area is 147 Å². The molecular weight excluding hydrogens is 318 g/mol. The summed E-state index contributed by atoms with van der Waals surface area (Å²) in [6, 6.07) is 8.35.